The first-order valence-corrected chi connectivity index (χ1v) is 7.35. The Morgan fingerprint density at radius 2 is 1.50 bits per heavy atom. The Kier molecular flexibility index (Phi) is 3.49. The van der Waals surface area contributed by atoms with Crippen LogP contribution in [-0.2, 0) is 9.59 Å². The van der Waals surface area contributed by atoms with Crippen molar-refractivity contribution in [2.75, 3.05) is 0 Å². The third-order valence-electron chi connectivity index (χ3n) is 4.72. The third kappa shape index (κ3) is 1.73. The van der Waals surface area contributed by atoms with Gasteiger partial charge in [-0.2, -0.15) is 15.8 Å². The summed E-state index contributed by atoms with van der Waals surface area (Å²) in [6, 6.07) is 12.1. The number of nitriles is 3. The predicted octanol–water partition coefficient (Wildman–Crippen LogP) is -0.0939. The zero-order valence-corrected chi connectivity index (χ0v) is 13.1. The average Bonchev–Trinajstić information content (AvgIpc) is 2.86. The Balaban J connectivity index is 2.45. The lowest BCUT2D eigenvalue weighted by atomic mass is 9.62. The number of carbonyl (C=O) groups excluding carboxylic acids is 3. The van der Waals surface area contributed by atoms with Crippen LogP contribution in [0.3, 0.4) is 0 Å². The lowest BCUT2D eigenvalue weighted by molar-refractivity contribution is -0.143. The number of barbiturate groups is 1. The number of hydrogen-bond donors (Lipinski definition) is 3. The summed E-state index contributed by atoms with van der Waals surface area (Å²) in [6.07, 6.45) is 0. The Morgan fingerprint density at radius 1 is 0.962 bits per heavy atom. The summed E-state index contributed by atoms with van der Waals surface area (Å²) in [5.74, 6) is -3.58. The van der Waals surface area contributed by atoms with Crippen LogP contribution in [-0.4, -0.2) is 17.8 Å². The van der Waals surface area contributed by atoms with Gasteiger partial charge >= 0.3 is 6.03 Å². The predicted molar refractivity (Wildman–Crippen MR) is 83.8 cm³/mol. The summed E-state index contributed by atoms with van der Waals surface area (Å²) in [4.78, 5) is 37.1. The summed E-state index contributed by atoms with van der Waals surface area (Å²) in [5.41, 5.74) is 0.849. The fourth-order valence-electron chi connectivity index (χ4n) is 3.64. The molecule has 126 valence electrons. The Bertz CT molecular complexity index is 972. The van der Waals surface area contributed by atoms with Crippen LogP contribution in [0.2, 0.25) is 0 Å². The minimum absolute atomic E-state index is 0.281. The van der Waals surface area contributed by atoms with E-state index in [1.807, 2.05) is 10.6 Å². The molecule has 0 aromatic heterocycles. The highest BCUT2D eigenvalue weighted by Gasteiger charge is 2.71. The van der Waals surface area contributed by atoms with E-state index in [4.69, 9.17) is 5.73 Å². The molecule has 0 radical (unpaired) electrons. The van der Waals surface area contributed by atoms with Gasteiger partial charge in [-0.05, 0) is 5.56 Å². The molecule has 1 unspecified atom stereocenters. The molecule has 1 aliphatic carbocycles. The molecule has 1 heterocycles. The van der Waals surface area contributed by atoms with Gasteiger partial charge in [0.15, 0.2) is 10.8 Å². The molecule has 4 amide bonds. The van der Waals surface area contributed by atoms with Crippen LogP contribution in [0.15, 0.2) is 41.6 Å². The first-order valence-electron chi connectivity index (χ1n) is 7.35. The molecule has 9 nitrogen and oxygen atoms in total. The molecule has 1 aromatic rings. The van der Waals surface area contributed by atoms with Crippen LogP contribution < -0.4 is 16.4 Å². The molecule has 1 aliphatic heterocycles. The van der Waals surface area contributed by atoms with Crippen LogP contribution in [0, 0.1) is 44.8 Å². The molecule has 1 saturated heterocycles. The summed E-state index contributed by atoms with van der Waals surface area (Å²) >= 11 is 0. The maximum Gasteiger partial charge on any atom is 0.328 e. The van der Waals surface area contributed by atoms with E-state index in [9.17, 15) is 30.2 Å². The fourth-order valence-corrected chi connectivity index (χ4v) is 3.64. The van der Waals surface area contributed by atoms with Gasteiger partial charge in [0.05, 0.1) is 35.4 Å². The third-order valence-corrected chi connectivity index (χ3v) is 4.72. The topological polar surface area (TPSA) is 173 Å². The molecule has 1 spiro atoms. The minimum atomic E-state index is -2.27. The van der Waals surface area contributed by atoms with E-state index in [2.05, 4.69) is 0 Å². The molecule has 1 atom stereocenters. The number of allylic oxidation sites excluding steroid dienone is 1. The lowest BCUT2D eigenvalue weighted by Gasteiger charge is -2.38. The highest BCUT2D eigenvalue weighted by molar-refractivity contribution is 6.22. The van der Waals surface area contributed by atoms with Crippen molar-refractivity contribution in [3.63, 3.8) is 0 Å². The molecule has 2 aliphatic rings. The Morgan fingerprint density at radius 3 is 1.96 bits per heavy atom. The van der Waals surface area contributed by atoms with Crippen LogP contribution in [0.25, 0.3) is 0 Å². The highest BCUT2D eigenvalue weighted by Crippen LogP contribution is 2.61. The molecule has 1 fully saturated rings. The fraction of sp³-hybridized carbons (Fsp3) is 0.176. The molecular formula is C17H10N6O3. The van der Waals surface area contributed by atoms with Crippen molar-refractivity contribution in [1.29, 1.82) is 15.8 Å². The summed E-state index contributed by atoms with van der Waals surface area (Å²) in [5, 5.41) is 32.9. The van der Waals surface area contributed by atoms with Gasteiger partial charge in [0.25, 0.3) is 11.8 Å². The van der Waals surface area contributed by atoms with Crippen molar-refractivity contribution in [2.24, 2.45) is 16.6 Å². The molecule has 9 heteroatoms. The number of hydrogen-bond acceptors (Lipinski definition) is 7. The zero-order chi connectivity index (χ0) is 19.1. The monoisotopic (exact) mass is 346 g/mol. The van der Waals surface area contributed by atoms with Crippen molar-refractivity contribution < 1.29 is 14.4 Å². The second-order valence-corrected chi connectivity index (χ2v) is 5.82. The molecule has 0 bridgehead atoms. The minimum Gasteiger partial charge on any atom is -0.400 e. The maximum atomic E-state index is 12.8. The van der Waals surface area contributed by atoms with Crippen LogP contribution in [0.1, 0.15) is 11.5 Å². The van der Waals surface area contributed by atoms with Gasteiger partial charge in [0.1, 0.15) is 0 Å². The highest BCUT2D eigenvalue weighted by atomic mass is 16.2. The largest absolute Gasteiger partial charge is 0.400 e. The summed E-state index contributed by atoms with van der Waals surface area (Å²) < 4.78 is 0. The molecule has 1 aromatic carbocycles. The van der Waals surface area contributed by atoms with Gasteiger partial charge in [-0.1, -0.05) is 30.3 Å². The second kappa shape index (κ2) is 5.44. The van der Waals surface area contributed by atoms with E-state index >= 15 is 0 Å². The quantitative estimate of drug-likeness (QED) is 0.595. The summed E-state index contributed by atoms with van der Waals surface area (Å²) in [7, 11) is 0. The number of benzene rings is 1. The zero-order valence-electron chi connectivity index (χ0n) is 13.1. The first-order chi connectivity index (χ1) is 12.4. The molecule has 26 heavy (non-hydrogen) atoms. The Labute approximate surface area is 147 Å². The lowest BCUT2D eigenvalue weighted by Crippen LogP contribution is -2.65. The van der Waals surface area contributed by atoms with Crippen molar-refractivity contribution in [3.8, 4) is 18.2 Å². The van der Waals surface area contributed by atoms with Gasteiger partial charge in [-0.15, -0.1) is 0 Å². The summed E-state index contributed by atoms with van der Waals surface area (Å²) in [6.45, 7) is 0. The number of nitrogens with zero attached hydrogens (tertiary/aromatic N) is 3. The van der Waals surface area contributed by atoms with E-state index in [0.717, 1.165) is 0 Å². The van der Waals surface area contributed by atoms with E-state index in [-0.39, 0.29) is 5.56 Å². The number of nitrogens with two attached hydrogens (primary N) is 1. The second-order valence-electron chi connectivity index (χ2n) is 5.82. The number of amides is 4. The van der Waals surface area contributed by atoms with Gasteiger partial charge < -0.3 is 5.73 Å². The van der Waals surface area contributed by atoms with E-state index in [1.165, 1.54) is 12.1 Å². The van der Waals surface area contributed by atoms with E-state index < -0.39 is 45.9 Å². The average molecular weight is 346 g/mol. The molecule has 3 rings (SSSR count). The molecular weight excluding hydrogens is 336 g/mol. The number of imide groups is 2. The van der Waals surface area contributed by atoms with Crippen molar-refractivity contribution in [1.82, 2.24) is 10.6 Å². The SMILES string of the molecule is N#CC1=C(N)C2(C(=O)NC(=O)NC2=O)C(c2ccccc2)C1(C#N)C#N. The van der Waals surface area contributed by atoms with E-state index in [1.54, 1.807) is 36.4 Å². The van der Waals surface area contributed by atoms with E-state index in [0.29, 0.717) is 0 Å². The van der Waals surface area contributed by atoms with Gasteiger partial charge in [0, 0.05) is 0 Å². The standard InChI is InChI=1S/C17H10N6O3/c18-6-10-12(21)17(13(24)22-15(26)23-14(17)25)11(16(10,7-19)8-20)9-4-2-1-3-5-9/h1-5,11H,21H2,(H2,22,23,24,25,26). The number of nitrogens with one attached hydrogen (secondary N) is 2. The normalized spacial score (nSPS) is 22.8. The van der Waals surface area contributed by atoms with Gasteiger partial charge in [-0.3, -0.25) is 20.2 Å². The van der Waals surface area contributed by atoms with Crippen LogP contribution in [0.4, 0.5) is 4.79 Å². The van der Waals surface area contributed by atoms with Gasteiger partial charge in [0.2, 0.25) is 0 Å². The number of urea groups is 1. The van der Waals surface area contributed by atoms with Crippen LogP contribution >= 0.6 is 0 Å². The Hall–Kier alpha value is -4.16. The maximum absolute atomic E-state index is 12.8. The van der Waals surface area contributed by atoms with Crippen molar-refractivity contribution in [2.45, 2.75) is 5.92 Å². The van der Waals surface area contributed by atoms with Crippen molar-refractivity contribution in [3.05, 3.63) is 47.2 Å². The first kappa shape index (κ1) is 16.7. The van der Waals surface area contributed by atoms with Gasteiger partial charge in [-0.25, -0.2) is 4.79 Å². The molecule has 0 saturated carbocycles. The smallest absolute Gasteiger partial charge is 0.328 e. The molecule has 4 N–H and O–H groups in total. The van der Waals surface area contributed by atoms with Crippen LogP contribution in [0.5, 0.6) is 0 Å². The van der Waals surface area contributed by atoms with Crippen molar-refractivity contribution >= 4 is 17.8 Å². The number of carbonyl (C=O) groups is 3. The number of rotatable bonds is 1.